The Hall–Kier alpha value is -3.42. The molecule has 39 heavy (non-hydrogen) atoms. The zero-order chi connectivity index (χ0) is 28.0. The third-order valence-corrected chi connectivity index (χ3v) is 8.83. The van der Waals surface area contributed by atoms with Crippen molar-refractivity contribution in [1.29, 1.82) is 0 Å². The zero-order valence-electron chi connectivity index (χ0n) is 22.7. The van der Waals surface area contributed by atoms with Crippen LogP contribution in [0.2, 0.25) is 0 Å². The van der Waals surface area contributed by atoms with Crippen molar-refractivity contribution in [3.63, 3.8) is 0 Å². The molecule has 0 amide bonds. The maximum Gasteiger partial charge on any atom is 0.247 e. The minimum absolute atomic E-state index is 0.0688. The molecular weight excluding hydrogens is 514 g/mol. The normalized spacial score (nSPS) is 19.5. The van der Waals surface area contributed by atoms with Crippen LogP contribution >= 0.6 is 0 Å². The molecule has 3 aromatic rings. The first-order chi connectivity index (χ1) is 18.7. The number of likely N-dealkylation sites (N-methyl/N-ethyl adjacent to an activating group) is 1. The highest BCUT2D eigenvalue weighted by Crippen LogP contribution is 2.34. The van der Waals surface area contributed by atoms with E-state index in [4.69, 9.17) is 9.47 Å². The second kappa shape index (κ2) is 12.6. The molecule has 3 atom stereocenters. The third-order valence-electron chi connectivity index (χ3n) is 6.81. The highest BCUT2D eigenvalue weighted by molar-refractivity contribution is 7.89. The lowest BCUT2D eigenvalue weighted by molar-refractivity contribution is 0.0733. The number of pyridine rings is 1. The molecule has 0 saturated heterocycles. The second-order valence-electron chi connectivity index (χ2n) is 9.90. The summed E-state index contributed by atoms with van der Waals surface area (Å²) in [6, 6.07) is 15.7. The van der Waals surface area contributed by atoms with Gasteiger partial charge in [-0.25, -0.2) is 8.42 Å². The number of para-hydroxylation sites is 1. The molecule has 2 aromatic carbocycles. The molecule has 0 aliphatic carbocycles. The molecule has 0 unspecified atom stereocenters. The van der Waals surface area contributed by atoms with Gasteiger partial charge in [-0.2, -0.15) is 4.31 Å². The van der Waals surface area contributed by atoms with E-state index < -0.39 is 16.1 Å². The van der Waals surface area contributed by atoms with Crippen molar-refractivity contribution in [3.8, 4) is 23.3 Å². The van der Waals surface area contributed by atoms with Crippen molar-refractivity contribution < 1.29 is 23.0 Å². The lowest BCUT2D eigenvalue weighted by Crippen LogP contribution is -2.49. The van der Waals surface area contributed by atoms with E-state index in [1.807, 2.05) is 50.4 Å². The third kappa shape index (κ3) is 6.78. The number of sulfonamides is 1. The van der Waals surface area contributed by atoms with Gasteiger partial charge in [0.2, 0.25) is 10.0 Å². The summed E-state index contributed by atoms with van der Waals surface area (Å²) in [5.41, 5.74) is 2.47. The van der Waals surface area contributed by atoms with E-state index in [1.165, 1.54) is 4.31 Å². The summed E-state index contributed by atoms with van der Waals surface area (Å²) in [7, 11) is -0.318. The number of aliphatic hydroxyl groups is 1. The van der Waals surface area contributed by atoms with E-state index in [9.17, 15) is 13.5 Å². The number of benzene rings is 2. The van der Waals surface area contributed by atoms with Gasteiger partial charge in [-0.3, -0.25) is 9.88 Å². The van der Waals surface area contributed by atoms with Gasteiger partial charge in [-0.15, -0.1) is 0 Å². The number of aromatic nitrogens is 1. The van der Waals surface area contributed by atoms with Crippen molar-refractivity contribution >= 4 is 10.0 Å². The monoisotopic (exact) mass is 549 g/mol. The minimum Gasteiger partial charge on any atom is -0.495 e. The van der Waals surface area contributed by atoms with E-state index >= 15 is 0 Å². The van der Waals surface area contributed by atoms with Crippen molar-refractivity contribution in [2.75, 3.05) is 33.9 Å². The lowest BCUT2D eigenvalue weighted by atomic mass is 10.0. The average Bonchev–Trinajstić information content (AvgIpc) is 2.94. The van der Waals surface area contributed by atoms with Crippen LogP contribution < -0.4 is 9.47 Å². The average molecular weight is 550 g/mol. The van der Waals surface area contributed by atoms with Crippen LogP contribution in [0.25, 0.3) is 0 Å². The molecular formula is C30H35N3O5S. The Morgan fingerprint density at radius 3 is 2.64 bits per heavy atom. The molecule has 1 aromatic heterocycles. The molecule has 4 rings (SSSR count). The molecule has 0 saturated carbocycles. The summed E-state index contributed by atoms with van der Waals surface area (Å²) >= 11 is 0. The number of hydrogen-bond donors (Lipinski definition) is 1. The molecule has 9 heteroatoms. The number of rotatable bonds is 7. The molecule has 8 nitrogen and oxygen atoms in total. The van der Waals surface area contributed by atoms with Crippen LogP contribution in [-0.2, 0) is 16.6 Å². The molecule has 206 valence electrons. The fraction of sp³-hybridized carbons (Fsp3) is 0.367. The Labute approximate surface area is 231 Å². The van der Waals surface area contributed by atoms with Crippen LogP contribution in [0.1, 0.15) is 30.5 Å². The van der Waals surface area contributed by atoms with Crippen LogP contribution in [0, 0.1) is 17.8 Å². The topological polar surface area (TPSA) is 92.2 Å². The number of fused-ring (bicyclic) bond motifs is 1. The lowest BCUT2D eigenvalue weighted by Gasteiger charge is -2.37. The fourth-order valence-electron chi connectivity index (χ4n) is 4.58. The summed E-state index contributed by atoms with van der Waals surface area (Å²) in [6.45, 7) is 4.91. The summed E-state index contributed by atoms with van der Waals surface area (Å²) in [6.07, 6.45) is 3.22. The molecule has 0 fully saturated rings. The molecule has 1 aliphatic rings. The summed E-state index contributed by atoms with van der Waals surface area (Å²) in [4.78, 5) is 6.30. The number of aliphatic hydroxyl groups excluding tert-OH is 1. The standard InChI is InChI=1S/C30H35N3O5S/c1-22-18-33(23(2)21-34)39(35,36)30-12-10-24(9-11-26-7-5-6-8-27(26)37-4)17-28(30)38-29(22)20-32(3)19-25-13-15-31-16-14-25/h5-8,10,12-17,22-23,29,34H,18-21H2,1-4H3/t22-,23-,29+/m0/s1. The Morgan fingerprint density at radius 2 is 1.92 bits per heavy atom. The van der Waals surface area contributed by atoms with E-state index in [0.717, 1.165) is 11.1 Å². The number of nitrogens with zero attached hydrogens (tertiary/aromatic N) is 3. The van der Waals surface area contributed by atoms with Gasteiger partial charge in [0.1, 0.15) is 22.5 Å². The van der Waals surface area contributed by atoms with Crippen LogP contribution in [-0.4, -0.2) is 73.7 Å². The van der Waals surface area contributed by atoms with Crippen LogP contribution in [0.3, 0.4) is 0 Å². The Kier molecular flexibility index (Phi) is 9.25. The highest BCUT2D eigenvalue weighted by Gasteiger charge is 2.38. The van der Waals surface area contributed by atoms with Crippen LogP contribution in [0.15, 0.2) is 71.9 Å². The van der Waals surface area contributed by atoms with Gasteiger partial charge in [0.15, 0.2) is 0 Å². The van der Waals surface area contributed by atoms with E-state index in [-0.39, 0.29) is 35.8 Å². The number of hydrogen-bond acceptors (Lipinski definition) is 7. The number of ether oxygens (including phenoxy) is 2. The molecule has 0 spiro atoms. The Morgan fingerprint density at radius 1 is 1.18 bits per heavy atom. The maximum absolute atomic E-state index is 13.7. The summed E-state index contributed by atoms with van der Waals surface area (Å²) in [5.74, 6) is 7.00. The van der Waals surface area contributed by atoms with Gasteiger partial charge >= 0.3 is 0 Å². The van der Waals surface area contributed by atoms with E-state index in [2.05, 4.69) is 21.7 Å². The predicted molar refractivity (Wildman–Crippen MR) is 150 cm³/mol. The second-order valence-corrected chi connectivity index (χ2v) is 11.8. The smallest absolute Gasteiger partial charge is 0.247 e. The number of methoxy groups -OCH3 is 1. The SMILES string of the molecule is COc1ccccc1C#Cc1ccc2c(c1)O[C@H](CN(C)Cc1ccncc1)[C@@H](C)CN([C@@H](C)CO)S2(=O)=O. The molecule has 2 heterocycles. The highest BCUT2D eigenvalue weighted by atomic mass is 32.2. The van der Waals surface area contributed by atoms with Gasteiger partial charge in [0, 0.05) is 49.6 Å². The summed E-state index contributed by atoms with van der Waals surface area (Å²) in [5, 5.41) is 9.88. The molecule has 1 aliphatic heterocycles. The van der Waals surface area contributed by atoms with Crippen molar-refractivity contribution in [2.24, 2.45) is 5.92 Å². The predicted octanol–water partition coefficient (Wildman–Crippen LogP) is 3.39. The first kappa shape index (κ1) is 28.6. The molecule has 0 radical (unpaired) electrons. The maximum atomic E-state index is 13.7. The molecule has 1 N–H and O–H groups in total. The van der Waals surface area contributed by atoms with Gasteiger partial charge in [-0.05, 0) is 62.0 Å². The zero-order valence-corrected chi connectivity index (χ0v) is 23.6. The van der Waals surface area contributed by atoms with Gasteiger partial charge in [0.05, 0.1) is 19.3 Å². The van der Waals surface area contributed by atoms with Gasteiger partial charge in [0.25, 0.3) is 0 Å². The Bertz CT molecular complexity index is 1440. The Balaban J connectivity index is 1.71. The first-order valence-electron chi connectivity index (χ1n) is 12.9. The van der Waals surface area contributed by atoms with Gasteiger partial charge in [-0.1, -0.05) is 30.9 Å². The van der Waals surface area contributed by atoms with Gasteiger partial charge < -0.3 is 14.6 Å². The van der Waals surface area contributed by atoms with Crippen molar-refractivity contribution in [1.82, 2.24) is 14.2 Å². The largest absolute Gasteiger partial charge is 0.495 e. The minimum atomic E-state index is -3.92. The first-order valence-corrected chi connectivity index (χ1v) is 14.3. The summed E-state index contributed by atoms with van der Waals surface area (Å²) < 4.78 is 40.7. The quantitative estimate of drug-likeness (QED) is 0.452. The molecule has 0 bridgehead atoms. The van der Waals surface area contributed by atoms with E-state index in [0.29, 0.717) is 24.4 Å². The fourth-order valence-corrected chi connectivity index (χ4v) is 6.41. The van der Waals surface area contributed by atoms with Crippen molar-refractivity contribution in [2.45, 2.75) is 37.4 Å². The van der Waals surface area contributed by atoms with Crippen LogP contribution in [0.4, 0.5) is 0 Å². The van der Waals surface area contributed by atoms with Crippen molar-refractivity contribution in [3.05, 3.63) is 83.7 Å². The van der Waals surface area contributed by atoms with E-state index in [1.54, 1.807) is 44.6 Å². The van der Waals surface area contributed by atoms with Crippen LogP contribution in [0.5, 0.6) is 11.5 Å².